The Morgan fingerprint density at radius 1 is 0.953 bits per heavy atom. The molecule has 1 atom stereocenters. The summed E-state index contributed by atoms with van der Waals surface area (Å²) in [5.41, 5.74) is 2.85. The quantitative estimate of drug-likeness (QED) is 0.212. The molecule has 0 aliphatic rings. The summed E-state index contributed by atoms with van der Waals surface area (Å²) in [6, 6.07) is 20.1. The van der Waals surface area contributed by atoms with Gasteiger partial charge in [-0.3, -0.25) is 10.1 Å². The molecule has 1 aromatic heterocycles. The number of hydrogen-bond donors (Lipinski definition) is 3. The van der Waals surface area contributed by atoms with Crippen LogP contribution in [0.2, 0.25) is 0 Å². The number of carbonyl (C=O) groups excluding carboxylic acids is 2. The fourth-order valence-electron chi connectivity index (χ4n) is 3.99. The van der Waals surface area contributed by atoms with Crippen LogP contribution in [0.15, 0.2) is 83.3 Å². The molecule has 3 N–H and O–H groups in total. The Balaban J connectivity index is 1.42. The molecule has 1 unspecified atom stereocenters. The zero-order chi connectivity index (χ0) is 31.1. The predicted molar refractivity (Wildman–Crippen MR) is 160 cm³/mol. The Kier molecular flexibility index (Phi) is 9.31. The van der Waals surface area contributed by atoms with Gasteiger partial charge in [-0.05, 0) is 81.8 Å². The molecule has 0 aliphatic heterocycles. The largest absolute Gasteiger partial charge is 0.480 e. The summed E-state index contributed by atoms with van der Waals surface area (Å²) in [6.07, 6.45) is -0.690. The first-order valence-corrected chi connectivity index (χ1v) is 13.5. The van der Waals surface area contributed by atoms with Crippen molar-refractivity contribution in [3.63, 3.8) is 0 Å². The summed E-state index contributed by atoms with van der Waals surface area (Å²) in [6.45, 7) is 7.25. The number of anilines is 1. The van der Waals surface area contributed by atoms with Crippen LogP contribution in [-0.2, 0) is 16.0 Å². The average molecular weight is 583 g/mol. The molecule has 0 bridgehead atoms. The van der Waals surface area contributed by atoms with Crippen LogP contribution < -0.4 is 10.6 Å². The number of halogens is 1. The van der Waals surface area contributed by atoms with Crippen molar-refractivity contribution in [3.05, 3.63) is 113 Å². The normalized spacial score (nSPS) is 11.6. The number of amides is 2. The van der Waals surface area contributed by atoms with E-state index in [-0.39, 0.29) is 17.7 Å². The third-order valence-corrected chi connectivity index (χ3v) is 6.11. The molecule has 2 amide bonds. The van der Waals surface area contributed by atoms with E-state index in [4.69, 9.17) is 9.15 Å². The van der Waals surface area contributed by atoms with Crippen LogP contribution in [0.3, 0.4) is 0 Å². The van der Waals surface area contributed by atoms with E-state index in [1.54, 1.807) is 51.1 Å². The van der Waals surface area contributed by atoms with Crippen LogP contribution in [-0.4, -0.2) is 34.7 Å². The predicted octanol–water partition coefficient (Wildman–Crippen LogP) is 6.57. The summed E-state index contributed by atoms with van der Waals surface area (Å²) < 4.78 is 25.4. The molecule has 4 rings (SSSR count). The Morgan fingerprint density at radius 2 is 1.65 bits per heavy atom. The zero-order valence-corrected chi connectivity index (χ0v) is 24.2. The molecular weight excluding hydrogens is 551 g/mol. The number of nitrogens with one attached hydrogen (secondary N) is 2. The number of furan rings is 1. The summed E-state index contributed by atoms with van der Waals surface area (Å²) in [4.78, 5) is 36.7. The maximum Gasteiger partial charge on any atom is 0.412 e. The van der Waals surface area contributed by atoms with E-state index < -0.39 is 35.4 Å². The minimum absolute atomic E-state index is 0.0280. The lowest BCUT2D eigenvalue weighted by atomic mass is 10.0. The lowest BCUT2D eigenvalue weighted by Gasteiger charge is -2.19. The Bertz CT molecular complexity index is 1690. The third kappa shape index (κ3) is 8.81. The van der Waals surface area contributed by atoms with Crippen molar-refractivity contribution in [3.8, 4) is 23.2 Å². The topological polar surface area (TPSA) is 118 Å². The van der Waals surface area contributed by atoms with Crippen molar-refractivity contribution in [2.75, 3.05) is 5.32 Å². The fraction of sp³-hybridized carbons (Fsp3) is 0.206. The van der Waals surface area contributed by atoms with Gasteiger partial charge in [-0.25, -0.2) is 14.0 Å². The number of aliphatic carboxylic acids is 1. The number of ether oxygens (including phenoxy) is 1. The summed E-state index contributed by atoms with van der Waals surface area (Å²) >= 11 is 0. The number of carbonyl (C=O) groups is 3. The summed E-state index contributed by atoms with van der Waals surface area (Å²) in [5, 5.41) is 14.9. The highest BCUT2D eigenvalue weighted by molar-refractivity contribution is 5.94. The molecule has 9 heteroatoms. The third-order valence-electron chi connectivity index (χ3n) is 6.11. The fourth-order valence-corrected chi connectivity index (χ4v) is 3.99. The molecule has 0 fully saturated rings. The minimum atomic E-state index is -1.29. The van der Waals surface area contributed by atoms with Crippen molar-refractivity contribution >= 4 is 23.7 Å². The van der Waals surface area contributed by atoms with Crippen LogP contribution in [0.4, 0.5) is 14.9 Å². The highest BCUT2D eigenvalue weighted by Gasteiger charge is 2.23. The number of rotatable bonds is 7. The van der Waals surface area contributed by atoms with E-state index in [1.807, 2.05) is 31.2 Å². The Hall–Kier alpha value is -5.36. The highest BCUT2D eigenvalue weighted by atomic mass is 19.1. The van der Waals surface area contributed by atoms with Gasteiger partial charge in [0.25, 0.3) is 5.91 Å². The van der Waals surface area contributed by atoms with Gasteiger partial charge in [0.15, 0.2) is 5.76 Å². The monoisotopic (exact) mass is 582 g/mol. The molecule has 0 saturated carbocycles. The number of aryl methyl sites for hydroxylation is 1. The Morgan fingerprint density at radius 3 is 2.30 bits per heavy atom. The molecule has 4 aromatic rings. The molecule has 43 heavy (non-hydrogen) atoms. The molecule has 0 spiro atoms. The van der Waals surface area contributed by atoms with Gasteiger partial charge >= 0.3 is 12.1 Å². The van der Waals surface area contributed by atoms with Crippen molar-refractivity contribution in [2.45, 2.75) is 45.8 Å². The molecular formula is C34H31FN2O6. The first-order valence-electron chi connectivity index (χ1n) is 13.5. The SMILES string of the molecule is Cc1ccc(-c2ccc(C(=O)NC(Cc3ccc(F)c(C#Cc4ccc(NC(=O)OC(C)(C)C)cc4)c3)C(=O)O)o2)cc1. The molecule has 8 nitrogen and oxygen atoms in total. The number of benzene rings is 3. The zero-order valence-electron chi connectivity index (χ0n) is 24.2. The van der Waals surface area contributed by atoms with Gasteiger partial charge in [0.1, 0.15) is 23.2 Å². The van der Waals surface area contributed by atoms with E-state index in [0.29, 0.717) is 22.6 Å². The first-order chi connectivity index (χ1) is 20.4. The van der Waals surface area contributed by atoms with Crippen LogP contribution in [0.1, 0.15) is 53.6 Å². The van der Waals surface area contributed by atoms with Gasteiger partial charge in [-0.2, -0.15) is 0 Å². The van der Waals surface area contributed by atoms with Crippen LogP contribution in [0, 0.1) is 24.6 Å². The van der Waals surface area contributed by atoms with Gasteiger partial charge in [-0.15, -0.1) is 0 Å². The van der Waals surface area contributed by atoms with Crippen LogP contribution >= 0.6 is 0 Å². The van der Waals surface area contributed by atoms with E-state index in [9.17, 15) is 23.9 Å². The van der Waals surface area contributed by atoms with Crippen molar-refractivity contribution in [1.29, 1.82) is 0 Å². The van der Waals surface area contributed by atoms with Crippen LogP contribution in [0.5, 0.6) is 0 Å². The maximum absolute atomic E-state index is 14.5. The van der Waals surface area contributed by atoms with Gasteiger partial charge in [0, 0.05) is 23.2 Å². The highest BCUT2D eigenvalue weighted by Crippen LogP contribution is 2.23. The van der Waals surface area contributed by atoms with E-state index in [0.717, 1.165) is 11.1 Å². The van der Waals surface area contributed by atoms with E-state index in [2.05, 4.69) is 22.5 Å². The van der Waals surface area contributed by atoms with Gasteiger partial charge in [0.05, 0.1) is 5.56 Å². The smallest absolute Gasteiger partial charge is 0.412 e. The lowest BCUT2D eigenvalue weighted by Crippen LogP contribution is -2.42. The molecule has 220 valence electrons. The van der Waals surface area contributed by atoms with Gasteiger partial charge < -0.3 is 19.6 Å². The van der Waals surface area contributed by atoms with Crippen molar-refractivity contribution in [2.24, 2.45) is 0 Å². The van der Waals surface area contributed by atoms with Gasteiger partial charge in [-0.1, -0.05) is 47.7 Å². The standard InChI is InChI=1S/C34H31FN2O6/c1-21-5-11-24(12-6-21)29-17-18-30(42-29)31(38)37-28(32(39)40)20-23-10-16-27(35)25(19-23)13-7-22-8-14-26(15-9-22)36-33(41)43-34(2,3)4/h5-6,8-12,14-19,28H,20H2,1-4H3,(H,36,41)(H,37,38)(H,39,40). The molecule has 0 saturated heterocycles. The second-order valence-corrected chi connectivity index (χ2v) is 10.9. The maximum atomic E-state index is 14.5. The van der Waals surface area contributed by atoms with Crippen LogP contribution in [0.25, 0.3) is 11.3 Å². The molecule has 3 aromatic carbocycles. The molecule has 0 aliphatic carbocycles. The molecule has 0 radical (unpaired) electrons. The number of carboxylic acids is 1. The lowest BCUT2D eigenvalue weighted by molar-refractivity contribution is -0.139. The average Bonchev–Trinajstić information content (AvgIpc) is 3.43. The summed E-state index contributed by atoms with van der Waals surface area (Å²) in [7, 11) is 0. The number of hydrogen-bond acceptors (Lipinski definition) is 5. The first kappa shape index (κ1) is 30.6. The molecule has 1 heterocycles. The Labute approximate surface area is 248 Å². The second-order valence-electron chi connectivity index (χ2n) is 10.9. The summed E-state index contributed by atoms with van der Waals surface area (Å²) in [5.74, 6) is 3.57. The van der Waals surface area contributed by atoms with E-state index >= 15 is 0 Å². The van der Waals surface area contributed by atoms with Crippen molar-refractivity contribution in [1.82, 2.24) is 5.32 Å². The van der Waals surface area contributed by atoms with Crippen molar-refractivity contribution < 1.29 is 33.0 Å². The minimum Gasteiger partial charge on any atom is -0.480 e. The van der Waals surface area contributed by atoms with E-state index in [1.165, 1.54) is 24.3 Å². The second kappa shape index (κ2) is 13.1. The number of carboxylic acid groups (broad SMARTS) is 1. The van der Waals surface area contributed by atoms with Gasteiger partial charge in [0.2, 0.25) is 0 Å².